The van der Waals surface area contributed by atoms with Crippen molar-refractivity contribution in [3.63, 3.8) is 0 Å². The molecule has 0 fully saturated rings. The molecular formula is C21H29FIN3O2. The first-order valence-corrected chi connectivity index (χ1v) is 9.23. The topological polar surface area (TPSA) is 65.9 Å². The zero-order valence-corrected chi connectivity index (χ0v) is 18.6. The Morgan fingerprint density at radius 3 is 2.43 bits per heavy atom. The van der Waals surface area contributed by atoms with Crippen molar-refractivity contribution in [2.45, 2.75) is 25.9 Å². The van der Waals surface area contributed by atoms with Crippen LogP contribution in [0, 0.1) is 5.82 Å². The highest BCUT2D eigenvalue weighted by Crippen LogP contribution is 2.17. The van der Waals surface area contributed by atoms with Crippen molar-refractivity contribution < 1.29 is 14.2 Å². The van der Waals surface area contributed by atoms with Gasteiger partial charge in [0.1, 0.15) is 6.10 Å². The molecule has 0 radical (unpaired) electrons. The smallest absolute Gasteiger partial charge is 0.191 e. The van der Waals surface area contributed by atoms with Crippen LogP contribution in [0.3, 0.4) is 0 Å². The lowest BCUT2D eigenvalue weighted by atomic mass is 10.0. The Labute approximate surface area is 183 Å². The Morgan fingerprint density at radius 2 is 1.79 bits per heavy atom. The van der Waals surface area contributed by atoms with Crippen molar-refractivity contribution in [3.05, 3.63) is 66.0 Å². The van der Waals surface area contributed by atoms with E-state index >= 15 is 0 Å². The van der Waals surface area contributed by atoms with Gasteiger partial charge in [-0.05, 0) is 31.5 Å². The quantitative estimate of drug-likeness (QED) is 0.280. The Balaban J connectivity index is 0.00000392. The first kappa shape index (κ1) is 24.2. The first-order chi connectivity index (χ1) is 13.1. The van der Waals surface area contributed by atoms with E-state index in [2.05, 4.69) is 15.6 Å². The standard InChI is InChI=1S/C21H28FN3O2.HI/c1-3-23-21(25-14-18(15-26)17-9-5-4-6-10-17)24-13-16(2)27-20-12-8-7-11-19(20)22;/h4-12,16,18,26H,3,13-15H2,1-2H3,(H2,23,24,25);1H. The van der Waals surface area contributed by atoms with Crippen molar-refractivity contribution in [3.8, 4) is 5.75 Å². The number of benzene rings is 2. The SMILES string of the molecule is CCNC(=NCC(CO)c1ccccc1)NCC(C)Oc1ccccc1F.I. The van der Waals surface area contributed by atoms with Crippen LogP contribution in [0.1, 0.15) is 25.3 Å². The third-order valence-corrected chi connectivity index (χ3v) is 4.03. The number of halogens is 2. The summed E-state index contributed by atoms with van der Waals surface area (Å²) in [5.74, 6) is 0.432. The molecule has 0 aliphatic heterocycles. The second kappa shape index (κ2) is 13.3. The third kappa shape index (κ3) is 8.02. The van der Waals surface area contributed by atoms with Crippen LogP contribution >= 0.6 is 24.0 Å². The number of nitrogens with one attached hydrogen (secondary N) is 2. The fourth-order valence-corrected chi connectivity index (χ4v) is 2.58. The molecule has 154 valence electrons. The van der Waals surface area contributed by atoms with Crippen LogP contribution in [0.5, 0.6) is 5.75 Å². The number of aliphatic hydroxyl groups is 1. The fourth-order valence-electron chi connectivity index (χ4n) is 2.58. The molecule has 0 spiro atoms. The molecule has 0 heterocycles. The third-order valence-electron chi connectivity index (χ3n) is 4.03. The van der Waals surface area contributed by atoms with Crippen molar-refractivity contribution in [1.82, 2.24) is 10.6 Å². The van der Waals surface area contributed by atoms with Gasteiger partial charge >= 0.3 is 0 Å². The molecule has 0 aliphatic carbocycles. The maximum atomic E-state index is 13.7. The van der Waals surface area contributed by atoms with Crippen LogP contribution in [-0.4, -0.2) is 43.4 Å². The predicted molar refractivity (Wildman–Crippen MR) is 122 cm³/mol. The van der Waals surface area contributed by atoms with Gasteiger partial charge in [0.2, 0.25) is 0 Å². The van der Waals surface area contributed by atoms with E-state index in [9.17, 15) is 9.50 Å². The molecule has 2 rings (SSSR count). The summed E-state index contributed by atoms with van der Waals surface area (Å²) >= 11 is 0. The predicted octanol–water partition coefficient (Wildman–Crippen LogP) is 3.54. The molecule has 0 aliphatic rings. The maximum absolute atomic E-state index is 13.7. The number of aliphatic hydroxyl groups excluding tert-OH is 1. The van der Waals surface area contributed by atoms with E-state index in [0.29, 0.717) is 25.6 Å². The van der Waals surface area contributed by atoms with Gasteiger partial charge in [-0.1, -0.05) is 42.5 Å². The van der Waals surface area contributed by atoms with Gasteiger partial charge in [0.15, 0.2) is 17.5 Å². The summed E-state index contributed by atoms with van der Waals surface area (Å²) in [7, 11) is 0. The van der Waals surface area contributed by atoms with Crippen molar-refractivity contribution in [2.75, 3.05) is 26.2 Å². The largest absolute Gasteiger partial charge is 0.486 e. The van der Waals surface area contributed by atoms with Gasteiger partial charge < -0.3 is 20.5 Å². The van der Waals surface area contributed by atoms with Crippen LogP contribution < -0.4 is 15.4 Å². The van der Waals surface area contributed by atoms with Crippen molar-refractivity contribution >= 4 is 29.9 Å². The van der Waals surface area contributed by atoms with Crippen LogP contribution in [-0.2, 0) is 0 Å². The van der Waals surface area contributed by atoms with E-state index in [0.717, 1.165) is 5.56 Å². The monoisotopic (exact) mass is 501 g/mol. The number of guanidine groups is 1. The number of hydrogen-bond acceptors (Lipinski definition) is 3. The van der Waals surface area contributed by atoms with E-state index in [1.807, 2.05) is 44.2 Å². The molecular weight excluding hydrogens is 472 g/mol. The lowest BCUT2D eigenvalue weighted by molar-refractivity contribution is 0.214. The second-order valence-electron chi connectivity index (χ2n) is 6.25. The maximum Gasteiger partial charge on any atom is 0.191 e. The lowest BCUT2D eigenvalue weighted by Crippen LogP contribution is -2.42. The van der Waals surface area contributed by atoms with E-state index in [4.69, 9.17) is 4.74 Å². The van der Waals surface area contributed by atoms with Gasteiger partial charge in [-0.25, -0.2) is 4.39 Å². The Hall–Kier alpha value is -1.87. The molecule has 0 saturated carbocycles. The number of para-hydroxylation sites is 1. The summed E-state index contributed by atoms with van der Waals surface area (Å²) in [6.45, 7) is 5.51. The normalized spacial score (nSPS) is 13.2. The Morgan fingerprint density at radius 1 is 1.11 bits per heavy atom. The summed E-state index contributed by atoms with van der Waals surface area (Å²) in [4.78, 5) is 4.56. The highest BCUT2D eigenvalue weighted by Gasteiger charge is 2.11. The van der Waals surface area contributed by atoms with E-state index in [-0.39, 0.29) is 54.2 Å². The zero-order chi connectivity index (χ0) is 19.5. The minimum atomic E-state index is -0.376. The van der Waals surface area contributed by atoms with Crippen LogP contribution in [0.4, 0.5) is 4.39 Å². The number of rotatable bonds is 9. The number of nitrogens with zero attached hydrogens (tertiary/aromatic N) is 1. The highest BCUT2D eigenvalue weighted by molar-refractivity contribution is 14.0. The molecule has 7 heteroatoms. The van der Waals surface area contributed by atoms with Crippen LogP contribution in [0.15, 0.2) is 59.6 Å². The average Bonchev–Trinajstić information content (AvgIpc) is 2.69. The summed E-state index contributed by atoms with van der Waals surface area (Å²) in [6.07, 6.45) is -0.242. The molecule has 3 N–H and O–H groups in total. The zero-order valence-electron chi connectivity index (χ0n) is 16.3. The molecule has 0 aromatic heterocycles. The Kier molecular flexibility index (Phi) is 11.5. The average molecular weight is 501 g/mol. The summed E-state index contributed by atoms with van der Waals surface area (Å²) in [5.41, 5.74) is 1.05. The van der Waals surface area contributed by atoms with Crippen molar-refractivity contribution in [1.29, 1.82) is 0 Å². The Bertz CT molecular complexity index is 716. The molecule has 2 aromatic rings. The minimum absolute atomic E-state index is 0. The molecule has 0 bridgehead atoms. The van der Waals surface area contributed by atoms with Gasteiger partial charge in [-0.3, -0.25) is 4.99 Å². The lowest BCUT2D eigenvalue weighted by Gasteiger charge is -2.19. The summed E-state index contributed by atoms with van der Waals surface area (Å²) in [5, 5.41) is 16.0. The van der Waals surface area contributed by atoms with Crippen LogP contribution in [0.2, 0.25) is 0 Å². The molecule has 2 aromatic carbocycles. The van der Waals surface area contributed by atoms with Gasteiger partial charge in [-0.15, -0.1) is 24.0 Å². The molecule has 28 heavy (non-hydrogen) atoms. The minimum Gasteiger partial charge on any atom is -0.486 e. The van der Waals surface area contributed by atoms with E-state index < -0.39 is 0 Å². The molecule has 2 unspecified atom stereocenters. The number of hydrogen-bond donors (Lipinski definition) is 3. The first-order valence-electron chi connectivity index (χ1n) is 9.23. The number of ether oxygens (including phenoxy) is 1. The summed E-state index contributed by atoms with van der Waals surface area (Å²) in [6, 6.07) is 16.2. The second-order valence-corrected chi connectivity index (χ2v) is 6.25. The van der Waals surface area contributed by atoms with Gasteiger partial charge in [-0.2, -0.15) is 0 Å². The van der Waals surface area contributed by atoms with E-state index in [1.165, 1.54) is 6.07 Å². The van der Waals surface area contributed by atoms with E-state index in [1.54, 1.807) is 18.2 Å². The molecule has 2 atom stereocenters. The fraction of sp³-hybridized carbons (Fsp3) is 0.381. The highest BCUT2D eigenvalue weighted by atomic mass is 127. The molecule has 5 nitrogen and oxygen atoms in total. The molecule has 0 amide bonds. The van der Waals surface area contributed by atoms with Crippen molar-refractivity contribution in [2.24, 2.45) is 4.99 Å². The summed E-state index contributed by atoms with van der Waals surface area (Å²) < 4.78 is 19.3. The molecule has 0 saturated heterocycles. The van der Waals surface area contributed by atoms with Gasteiger partial charge in [0, 0.05) is 12.5 Å². The van der Waals surface area contributed by atoms with Gasteiger partial charge in [0.05, 0.1) is 19.7 Å². The van der Waals surface area contributed by atoms with Crippen LogP contribution in [0.25, 0.3) is 0 Å². The number of aliphatic imine (C=N–C) groups is 1. The van der Waals surface area contributed by atoms with Gasteiger partial charge in [0.25, 0.3) is 0 Å².